The number of methoxy groups -OCH3 is 1. The number of rotatable bonds is 6. The normalized spacial score (nSPS) is 21.3. The molecule has 5 nitrogen and oxygen atoms in total. The van der Waals surface area contributed by atoms with Crippen molar-refractivity contribution in [2.75, 3.05) is 26.8 Å². The molecule has 2 heterocycles. The summed E-state index contributed by atoms with van der Waals surface area (Å²) < 4.78 is 24.8. The highest BCUT2D eigenvalue weighted by Crippen LogP contribution is 2.28. The Balaban J connectivity index is 1.62. The van der Waals surface area contributed by atoms with E-state index in [0.717, 1.165) is 37.4 Å². The molecular weight excluding hydrogens is 309 g/mol. The number of aromatic amines is 1. The van der Waals surface area contributed by atoms with Crippen LogP contribution in [0.2, 0.25) is 0 Å². The van der Waals surface area contributed by atoms with Crippen LogP contribution in [0.5, 0.6) is 5.75 Å². The summed E-state index contributed by atoms with van der Waals surface area (Å²) in [6.07, 6.45) is 0.884. The van der Waals surface area contributed by atoms with Crippen LogP contribution in [0.15, 0.2) is 24.3 Å². The van der Waals surface area contributed by atoms with Gasteiger partial charge < -0.3 is 9.47 Å². The van der Waals surface area contributed by atoms with Crippen molar-refractivity contribution in [3.8, 4) is 5.75 Å². The molecule has 0 aliphatic carbocycles. The van der Waals surface area contributed by atoms with E-state index < -0.39 is 0 Å². The molecule has 1 atom stereocenters. The molecule has 2 aromatic rings. The minimum Gasteiger partial charge on any atom is -0.490 e. The van der Waals surface area contributed by atoms with Gasteiger partial charge in [0.15, 0.2) is 0 Å². The lowest BCUT2D eigenvalue weighted by atomic mass is 10.0. The van der Waals surface area contributed by atoms with Gasteiger partial charge in [-0.1, -0.05) is 6.07 Å². The van der Waals surface area contributed by atoms with Crippen molar-refractivity contribution >= 4 is 0 Å². The highest BCUT2D eigenvalue weighted by Gasteiger charge is 2.39. The predicted molar refractivity (Wildman–Crippen MR) is 89.6 cm³/mol. The zero-order valence-corrected chi connectivity index (χ0v) is 14.4. The zero-order chi connectivity index (χ0) is 17.2. The topological polar surface area (TPSA) is 50.4 Å². The Morgan fingerprint density at radius 3 is 2.88 bits per heavy atom. The minimum absolute atomic E-state index is 0.294. The van der Waals surface area contributed by atoms with Gasteiger partial charge in [-0.25, -0.2) is 4.39 Å². The molecule has 0 radical (unpaired) electrons. The van der Waals surface area contributed by atoms with Crippen LogP contribution in [0.25, 0.3) is 0 Å². The van der Waals surface area contributed by atoms with Crippen molar-refractivity contribution in [3.63, 3.8) is 0 Å². The van der Waals surface area contributed by atoms with E-state index in [4.69, 9.17) is 9.47 Å². The largest absolute Gasteiger partial charge is 0.490 e. The number of hydrogen-bond donors (Lipinski definition) is 1. The first kappa shape index (κ1) is 16.9. The van der Waals surface area contributed by atoms with Crippen molar-refractivity contribution in [1.29, 1.82) is 0 Å². The van der Waals surface area contributed by atoms with Gasteiger partial charge in [0.1, 0.15) is 23.8 Å². The van der Waals surface area contributed by atoms with Gasteiger partial charge in [-0.05, 0) is 32.4 Å². The second-order valence-electron chi connectivity index (χ2n) is 6.51. The van der Waals surface area contributed by atoms with Crippen LogP contribution < -0.4 is 4.74 Å². The number of H-pyrrole nitrogens is 1. The van der Waals surface area contributed by atoms with E-state index in [1.165, 1.54) is 17.7 Å². The summed E-state index contributed by atoms with van der Waals surface area (Å²) >= 11 is 0. The van der Waals surface area contributed by atoms with Gasteiger partial charge in [0, 0.05) is 44.1 Å². The second kappa shape index (κ2) is 6.91. The minimum atomic E-state index is -0.363. The summed E-state index contributed by atoms with van der Waals surface area (Å²) in [5, 5.41) is 7.29. The van der Waals surface area contributed by atoms with Gasteiger partial charge in [-0.2, -0.15) is 5.10 Å². The van der Waals surface area contributed by atoms with Gasteiger partial charge in [-0.3, -0.25) is 10.00 Å². The third kappa shape index (κ3) is 3.60. The number of nitrogens with zero attached hydrogens (tertiary/aromatic N) is 2. The number of aromatic nitrogens is 2. The first-order chi connectivity index (χ1) is 11.5. The van der Waals surface area contributed by atoms with Crippen molar-refractivity contribution in [3.05, 3.63) is 47.0 Å². The van der Waals surface area contributed by atoms with E-state index in [0.29, 0.717) is 12.4 Å². The first-order valence-corrected chi connectivity index (χ1v) is 8.18. The molecule has 1 fully saturated rings. The summed E-state index contributed by atoms with van der Waals surface area (Å²) in [5.74, 6) is 0.240. The zero-order valence-electron chi connectivity index (χ0n) is 14.4. The molecule has 0 spiro atoms. The molecule has 1 aromatic heterocycles. The monoisotopic (exact) mass is 333 g/mol. The highest BCUT2D eigenvalue weighted by molar-refractivity contribution is 5.24. The lowest BCUT2D eigenvalue weighted by Crippen LogP contribution is -2.41. The van der Waals surface area contributed by atoms with Crippen LogP contribution in [0.3, 0.4) is 0 Å². The lowest BCUT2D eigenvalue weighted by Gasteiger charge is -2.28. The van der Waals surface area contributed by atoms with Crippen LogP contribution in [0.4, 0.5) is 4.39 Å². The fourth-order valence-electron chi connectivity index (χ4n) is 3.21. The van der Waals surface area contributed by atoms with Crippen molar-refractivity contribution in [1.82, 2.24) is 15.1 Å². The molecule has 1 N–H and O–H groups in total. The molecule has 0 bridgehead atoms. The maximum atomic E-state index is 13.3. The Kier molecular flexibility index (Phi) is 4.87. The number of benzene rings is 1. The third-order valence-electron chi connectivity index (χ3n) is 4.79. The molecule has 0 amide bonds. The highest BCUT2D eigenvalue weighted by atomic mass is 19.1. The molecule has 1 aliphatic rings. The molecular formula is C18H24FN3O2. The molecule has 0 saturated carbocycles. The van der Waals surface area contributed by atoms with Gasteiger partial charge in [0.05, 0.1) is 5.69 Å². The van der Waals surface area contributed by atoms with Gasteiger partial charge >= 0.3 is 0 Å². The molecule has 0 unspecified atom stereocenters. The summed E-state index contributed by atoms with van der Waals surface area (Å²) in [7, 11) is 1.72. The Morgan fingerprint density at radius 2 is 2.21 bits per heavy atom. The van der Waals surface area contributed by atoms with E-state index in [1.807, 2.05) is 13.8 Å². The fraction of sp³-hybridized carbons (Fsp3) is 0.500. The molecule has 24 heavy (non-hydrogen) atoms. The van der Waals surface area contributed by atoms with Crippen molar-refractivity contribution in [2.24, 2.45) is 0 Å². The van der Waals surface area contributed by atoms with E-state index >= 15 is 0 Å². The van der Waals surface area contributed by atoms with Crippen LogP contribution in [-0.2, 0) is 11.3 Å². The number of likely N-dealkylation sites (tertiary alicyclic amines) is 1. The van der Waals surface area contributed by atoms with Crippen LogP contribution >= 0.6 is 0 Å². The average Bonchev–Trinajstić information content (AvgIpc) is 3.12. The second-order valence-corrected chi connectivity index (χ2v) is 6.51. The van der Waals surface area contributed by atoms with Crippen LogP contribution in [0, 0.1) is 19.7 Å². The van der Waals surface area contributed by atoms with E-state index in [2.05, 4.69) is 15.1 Å². The van der Waals surface area contributed by atoms with Crippen molar-refractivity contribution in [2.45, 2.75) is 32.4 Å². The van der Waals surface area contributed by atoms with Crippen molar-refractivity contribution < 1.29 is 13.9 Å². The Hall–Kier alpha value is -1.92. The number of nitrogens with one attached hydrogen (secondary N) is 1. The van der Waals surface area contributed by atoms with Crippen LogP contribution in [0.1, 0.15) is 23.4 Å². The maximum Gasteiger partial charge on any atom is 0.126 e. The lowest BCUT2D eigenvalue weighted by molar-refractivity contribution is -0.0360. The number of hydrogen-bond acceptors (Lipinski definition) is 4. The summed E-state index contributed by atoms with van der Waals surface area (Å²) in [5.41, 5.74) is 3.03. The predicted octanol–water partition coefficient (Wildman–Crippen LogP) is 2.84. The van der Waals surface area contributed by atoms with Gasteiger partial charge in [0.2, 0.25) is 0 Å². The number of aryl methyl sites for hydroxylation is 2. The Morgan fingerprint density at radius 1 is 1.38 bits per heavy atom. The average molecular weight is 333 g/mol. The van der Waals surface area contributed by atoms with Gasteiger partial charge in [0.25, 0.3) is 0 Å². The molecule has 1 saturated heterocycles. The van der Waals surface area contributed by atoms with Gasteiger partial charge in [-0.15, -0.1) is 0 Å². The maximum absolute atomic E-state index is 13.3. The number of ether oxygens (including phenoxy) is 2. The van der Waals surface area contributed by atoms with E-state index in [-0.39, 0.29) is 11.4 Å². The standard InChI is InChI=1S/C18H24FN3O2/c1-13-17(14(2)21-20-13)10-22-8-7-18(11-22,23-3)12-24-16-6-4-5-15(19)9-16/h4-6,9H,7-8,10-12H2,1-3H3,(H,20,21)/t18-/m1/s1. The quantitative estimate of drug-likeness (QED) is 0.883. The van der Waals surface area contributed by atoms with Crippen LogP contribution in [-0.4, -0.2) is 47.5 Å². The SMILES string of the molecule is CO[C@]1(COc2cccc(F)c2)CCN(Cc2c(C)n[nH]c2C)C1. The number of halogens is 1. The fourth-order valence-corrected chi connectivity index (χ4v) is 3.21. The first-order valence-electron chi connectivity index (χ1n) is 8.18. The molecule has 3 rings (SSSR count). The summed E-state index contributed by atoms with van der Waals surface area (Å²) in [6.45, 7) is 7.03. The summed E-state index contributed by atoms with van der Waals surface area (Å²) in [4.78, 5) is 2.35. The Bertz CT molecular complexity index is 684. The van der Waals surface area contributed by atoms with E-state index in [9.17, 15) is 4.39 Å². The third-order valence-corrected chi connectivity index (χ3v) is 4.79. The molecule has 1 aromatic carbocycles. The van der Waals surface area contributed by atoms with E-state index in [1.54, 1.807) is 19.2 Å². The Labute approximate surface area is 141 Å². The summed E-state index contributed by atoms with van der Waals surface area (Å²) in [6, 6.07) is 6.22. The molecule has 130 valence electrons. The molecule has 1 aliphatic heterocycles. The smallest absolute Gasteiger partial charge is 0.126 e. The molecule has 6 heteroatoms.